The standard InChI is InChI=1S/C22H27NO3/c1-14-6-18-4-2-3-5-19(18)23(14)20(24)13-26-21(25)22-10-15-7-16(11-22)9-17(8-15)12-22/h2-5,14-17H,6-13H2,1H3. The van der Waals surface area contributed by atoms with Crippen molar-refractivity contribution in [2.75, 3.05) is 11.5 Å². The number of hydrogen-bond donors (Lipinski definition) is 0. The lowest BCUT2D eigenvalue weighted by Gasteiger charge is -2.55. The molecule has 0 aromatic heterocycles. The molecule has 4 heteroatoms. The minimum absolute atomic E-state index is 0.0967. The highest BCUT2D eigenvalue weighted by Crippen LogP contribution is 2.60. The van der Waals surface area contributed by atoms with Crippen molar-refractivity contribution < 1.29 is 14.3 Å². The van der Waals surface area contributed by atoms with Crippen LogP contribution in [0.4, 0.5) is 5.69 Å². The number of anilines is 1. The van der Waals surface area contributed by atoms with Gasteiger partial charge in [0, 0.05) is 11.7 Å². The number of para-hydroxylation sites is 1. The summed E-state index contributed by atoms with van der Waals surface area (Å²) >= 11 is 0. The van der Waals surface area contributed by atoms with Crippen LogP contribution in [0.25, 0.3) is 0 Å². The number of rotatable bonds is 3. The van der Waals surface area contributed by atoms with Gasteiger partial charge in [-0.3, -0.25) is 9.59 Å². The molecule has 1 atom stereocenters. The zero-order chi connectivity index (χ0) is 17.9. The van der Waals surface area contributed by atoms with Crippen LogP contribution in [0.3, 0.4) is 0 Å². The summed E-state index contributed by atoms with van der Waals surface area (Å²) in [4.78, 5) is 27.6. The Hall–Kier alpha value is -1.84. The summed E-state index contributed by atoms with van der Waals surface area (Å²) in [5.41, 5.74) is 1.88. The van der Waals surface area contributed by atoms with Crippen LogP contribution in [0.1, 0.15) is 51.0 Å². The van der Waals surface area contributed by atoms with Crippen molar-refractivity contribution in [2.45, 2.75) is 57.9 Å². The number of ether oxygens (including phenoxy) is 1. The quantitative estimate of drug-likeness (QED) is 0.778. The van der Waals surface area contributed by atoms with Gasteiger partial charge < -0.3 is 9.64 Å². The first-order chi connectivity index (χ1) is 12.5. The van der Waals surface area contributed by atoms with Crippen molar-refractivity contribution in [1.29, 1.82) is 0 Å². The summed E-state index contributed by atoms with van der Waals surface area (Å²) in [5.74, 6) is 1.91. The van der Waals surface area contributed by atoms with E-state index < -0.39 is 0 Å². The number of fused-ring (bicyclic) bond motifs is 1. The van der Waals surface area contributed by atoms with Gasteiger partial charge in [-0.25, -0.2) is 0 Å². The van der Waals surface area contributed by atoms with Crippen LogP contribution in [-0.2, 0) is 20.7 Å². The Balaban J connectivity index is 1.27. The maximum Gasteiger partial charge on any atom is 0.312 e. The minimum Gasteiger partial charge on any atom is -0.455 e. The highest BCUT2D eigenvalue weighted by Gasteiger charge is 2.55. The SMILES string of the molecule is CC1Cc2ccccc2N1C(=O)COC(=O)C12CC3CC(CC(C3)C1)C2. The molecule has 1 heterocycles. The summed E-state index contributed by atoms with van der Waals surface area (Å²) in [6.45, 7) is 1.93. The Morgan fingerprint density at radius 2 is 1.69 bits per heavy atom. The Morgan fingerprint density at radius 1 is 1.08 bits per heavy atom. The van der Waals surface area contributed by atoms with Crippen LogP contribution in [0.15, 0.2) is 24.3 Å². The Morgan fingerprint density at radius 3 is 2.35 bits per heavy atom. The van der Waals surface area contributed by atoms with E-state index in [0.717, 1.165) is 31.4 Å². The van der Waals surface area contributed by atoms with Gasteiger partial charge in [0.15, 0.2) is 6.61 Å². The van der Waals surface area contributed by atoms with Gasteiger partial charge in [0.25, 0.3) is 5.91 Å². The fourth-order valence-electron chi connectivity index (χ4n) is 6.66. The smallest absolute Gasteiger partial charge is 0.312 e. The van der Waals surface area contributed by atoms with E-state index in [0.29, 0.717) is 17.8 Å². The number of amides is 1. The molecule has 6 rings (SSSR count). The maximum atomic E-state index is 13.0. The third kappa shape index (κ3) is 2.49. The number of nitrogens with zero attached hydrogens (tertiary/aromatic N) is 1. The van der Waals surface area contributed by atoms with E-state index in [1.807, 2.05) is 23.1 Å². The zero-order valence-electron chi connectivity index (χ0n) is 15.4. The van der Waals surface area contributed by atoms with E-state index in [9.17, 15) is 9.59 Å². The van der Waals surface area contributed by atoms with Gasteiger partial charge in [-0.2, -0.15) is 0 Å². The Labute approximate surface area is 154 Å². The summed E-state index contributed by atoms with van der Waals surface area (Å²) in [5, 5.41) is 0. The Bertz CT molecular complexity index is 720. The van der Waals surface area contributed by atoms with Crippen LogP contribution in [0, 0.1) is 23.2 Å². The lowest BCUT2D eigenvalue weighted by Crippen LogP contribution is -2.51. The van der Waals surface area contributed by atoms with Crippen LogP contribution < -0.4 is 4.90 Å². The number of esters is 1. The van der Waals surface area contributed by atoms with Gasteiger partial charge in [0.05, 0.1) is 5.41 Å². The van der Waals surface area contributed by atoms with Gasteiger partial charge >= 0.3 is 5.97 Å². The van der Waals surface area contributed by atoms with Crippen molar-refractivity contribution in [3.8, 4) is 0 Å². The minimum atomic E-state index is -0.288. The molecule has 0 saturated heterocycles. The van der Waals surface area contributed by atoms with E-state index in [-0.39, 0.29) is 29.9 Å². The van der Waals surface area contributed by atoms with Crippen molar-refractivity contribution in [1.82, 2.24) is 0 Å². The van der Waals surface area contributed by atoms with Crippen LogP contribution >= 0.6 is 0 Å². The molecule has 0 N–H and O–H groups in total. The molecule has 0 radical (unpaired) electrons. The summed E-state index contributed by atoms with van der Waals surface area (Å²) < 4.78 is 5.63. The number of carbonyl (C=O) groups excluding carboxylic acids is 2. The summed E-state index contributed by atoms with van der Waals surface area (Å²) in [7, 11) is 0. The fourth-order valence-corrected chi connectivity index (χ4v) is 6.66. The second-order valence-corrected chi connectivity index (χ2v) is 9.22. The average Bonchev–Trinajstić information content (AvgIpc) is 2.94. The summed E-state index contributed by atoms with van der Waals surface area (Å²) in [6, 6.07) is 8.14. The Kier molecular flexibility index (Phi) is 3.67. The lowest BCUT2D eigenvalue weighted by molar-refractivity contribution is -0.172. The molecule has 5 aliphatic rings. The second-order valence-electron chi connectivity index (χ2n) is 9.22. The molecule has 4 fully saturated rings. The molecule has 26 heavy (non-hydrogen) atoms. The maximum absolute atomic E-state index is 13.0. The van der Waals surface area contributed by atoms with E-state index in [4.69, 9.17) is 4.74 Å². The topological polar surface area (TPSA) is 46.6 Å². The van der Waals surface area contributed by atoms with Crippen molar-refractivity contribution in [2.24, 2.45) is 23.2 Å². The van der Waals surface area contributed by atoms with Crippen LogP contribution in [0.5, 0.6) is 0 Å². The predicted molar refractivity (Wildman–Crippen MR) is 98.7 cm³/mol. The van der Waals surface area contributed by atoms with Crippen molar-refractivity contribution in [3.63, 3.8) is 0 Å². The number of hydrogen-bond acceptors (Lipinski definition) is 3. The third-order valence-corrected chi connectivity index (χ3v) is 7.27. The molecule has 4 nitrogen and oxygen atoms in total. The van der Waals surface area contributed by atoms with Crippen LogP contribution in [0.2, 0.25) is 0 Å². The van der Waals surface area contributed by atoms with E-state index in [2.05, 4.69) is 13.0 Å². The van der Waals surface area contributed by atoms with Gasteiger partial charge in [0.2, 0.25) is 0 Å². The van der Waals surface area contributed by atoms with Gasteiger partial charge in [-0.15, -0.1) is 0 Å². The van der Waals surface area contributed by atoms with Crippen LogP contribution in [-0.4, -0.2) is 24.5 Å². The van der Waals surface area contributed by atoms with Crippen molar-refractivity contribution in [3.05, 3.63) is 29.8 Å². The summed E-state index contributed by atoms with van der Waals surface area (Å²) in [6.07, 6.45) is 7.71. The molecule has 4 saturated carbocycles. The molecule has 1 aliphatic heterocycles. The van der Waals surface area contributed by atoms with E-state index in [1.165, 1.54) is 24.8 Å². The molecule has 4 aliphatic carbocycles. The van der Waals surface area contributed by atoms with Gasteiger partial charge in [-0.05, 0) is 81.3 Å². The molecule has 0 spiro atoms. The average molecular weight is 353 g/mol. The largest absolute Gasteiger partial charge is 0.455 e. The highest BCUT2D eigenvalue weighted by molar-refractivity contribution is 5.98. The molecule has 4 bridgehead atoms. The first kappa shape index (κ1) is 16.3. The monoisotopic (exact) mass is 353 g/mol. The zero-order valence-corrected chi connectivity index (χ0v) is 15.4. The molecule has 138 valence electrons. The molecular formula is C22H27NO3. The molecule has 1 aromatic carbocycles. The molecular weight excluding hydrogens is 326 g/mol. The fraction of sp³-hybridized carbons (Fsp3) is 0.636. The third-order valence-electron chi connectivity index (χ3n) is 7.27. The predicted octanol–water partition coefficient (Wildman–Crippen LogP) is 3.72. The van der Waals surface area contributed by atoms with Crippen molar-refractivity contribution >= 4 is 17.6 Å². The molecule has 1 unspecified atom stereocenters. The number of benzene rings is 1. The van der Waals surface area contributed by atoms with Gasteiger partial charge in [0.1, 0.15) is 0 Å². The first-order valence-electron chi connectivity index (χ1n) is 10.1. The number of carbonyl (C=O) groups is 2. The normalized spacial score (nSPS) is 36.9. The van der Waals surface area contributed by atoms with E-state index >= 15 is 0 Å². The van der Waals surface area contributed by atoms with E-state index in [1.54, 1.807) is 0 Å². The molecule has 1 aromatic rings. The molecule has 1 amide bonds. The first-order valence-corrected chi connectivity index (χ1v) is 10.1. The van der Waals surface area contributed by atoms with Gasteiger partial charge in [-0.1, -0.05) is 18.2 Å². The second kappa shape index (κ2) is 5.83. The lowest BCUT2D eigenvalue weighted by atomic mass is 9.49. The highest BCUT2D eigenvalue weighted by atomic mass is 16.5.